The van der Waals surface area contributed by atoms with Crippen LogP contribution < -0.4 is 0 Å². The molecule has 0 bridgehead atoms. The molecule has 0 aromatic rings. The molecule has 8 heteroatoms. The van der Waals surface area contributed by atoms with Crippen LogP contribution in [0, 0.1) is 0 Å². The van der Waals surface area contributed by atoms with E-state index in [1.807, 2.05) is 0 Å². The molecule has 0 spiro atoms. The van der Waals surface area contributed by atoms with Gasteiger partial charge in [-0.2, -0.15) is 0 Å². The fourth-order valence-electron chi connectivity index (χ4n) is 2.34. The van der Waals surface area contributed by atoms with E-state index in [-0.39, 0.29) is 5.57 Å². The van der Waals surface area contributed by atoms with Crippen LogP contribution in [-0.2, 0) is 14.4 Å². The molecule has 2 rings (SSSR count). The largest absolute Gasteiger partial charge is 0.480 e. The molecule has 0 radical (unpaired) electrons. The summed E-state index contributed by atoms with van der Waals surface area (Å²) >= 11 is 0. The quantitative estimate of drug-likeness (QED) is 0.539. The summed E-state index contributed by atoms with van der Waals surface area (Å²) < 4.78 is 0. The molecule has 2 saturated heterocycles. The number of likely N-dealkylation sites (tertiary alicyclic amines) is 1. The van der Waals surface area contributed by atoms with Gasteiger partial charge < -0.3 is 10.0 Å². The molecule has 2 aliphatic heterocycles. The van der Waals surface area contributed by atoms with Crippen molar-refractivity contribution in [1.29, 1.82) is 0 Å². The first-order valence-electron chi connectivity index (χ1n) is 6.15. The van der Waals surface area contributed by atoms with Crippen molar-refractivity contribution in [2.45, 2.75) is 18.9 Å². The van der Waals surface area contributed by atoms with Crippen LogP contribution in [0.5, 0.6) is 0 Å². The van der Waals surface area contributed by atoms with Gasteiger partial charge in [0.15, 0.2) is 0 Å². The fraction of sp³-hybridized carbons (Fsp3) is 0.500. The monoisotopic (exact) mass is 281 g/mol. The zero-order valence-corrected chi connectivity index (χ0v) is 11.2. The highest BCUT2D eigenvalue weighted by Crippen LogP contribution is 2.21. The van der Waals surface area contributed by atoms with Gasteiger partial charge in [-0.1, -0.05) is 0 Å². The van der Waals surface area contributed by atoms with Crippen molar-refractivity contribution in [3.05, 3.63) is 11.8 Å². The molecule has 108 valence electrons. The smallest absolute Gasteiger partial charge is 0.333 e. The zero-order valence-electron chi connectivity index (χ0n) is 11.2. The van der Waals surface area contributed by atoms with Crippen LogP contribution in [-0.4, -0.2) is 70.3 Å². The number of carbonyl (C=O) groups excluding carboxylic acids is 3. The van der Waals surface area contributed by atoms with Crippen molar-refractivity contribution in [1.82, 2.24) is 14.7 Å². The number of barbiturate groups is 1. The van der Waals surface area contributed by atoms with Crippen molar-refractivity contribution in [3.8, 4) is 0 Å². The molecule has 0 aromatic heterocycles. The number of rotatable bonds is 2. The summed E-state index contributed by atoms with van der Waals surface area (Å²) in [5, 5.41) is 9.08. The van der Waals surface area contributed by atoms with Crippen LogP contribution in [0.3, 0.4) is 0 Å². The second-order valence-corrected chi connectivity index (χ2v) is 4.79. The zero-order chi connectivity index (χ0) is 15.0. The highest BCUT2D eigenvalue weighted by molar-refractivity contribution is 6.28. The predicted octanol–water partition coefficient (Wildman–Crippen LogP) is -0.530. The maximum Gasteiger partial charge on any atom is 0.333 e. The van der Waals surface area contributed by atoms with Crippen LogP contribution >= 0.6 is 0 Å². The second kappa shape index (κ2) is 4.95. The highest BCUT2D eigenvalue weighted by atomic mass is 16.4. The van der Waals surface area contributed by atoms with E-state index in [0.29, 0.717) is 19.4 Å². The Kier molecular flexibility index (Phi) is 3.47. The van der Waals surface area contributed by atoms with E-state index in [2.05, 4.69) is 0 Å². The number of carbonyl (C=O) groups is 4. The van der Waals surface area contributed by atoms with Crippen LogP contribution in [0.4, 0.5) is 4.79 Å². The SMILES string of the molecule is CN1C(=O)C(=CN2CCCC2C(=O)O)C(=O)N(C)C1=O. The minimum atomic E-state index is -0.993. The van der Waals surface area contributed by atoms with E-state index in [1.54, 1.807) is 0 Å². The van der Waals surface area contributed by atoms with Gasteiger partial charge in [-0.25, -0.2) is 9.59 Å². The third-order valence-electron chi connectivity index (χ3n) is 3.52. The molecule has 20 heavy (non-hydrogen) atoms. The number of carboxylic acids is 1. The predicted molar refractivity (Wildman–Crippen MR) is 66.4 cm³/mol. The minimum absolute atomic E-state index is 0.192. The molecule has 2 aliphatic rings. The average Bonchev–Trinajstić information content (AvgIpc) is 2.87. The minimum Gasteiger partial charge on any atom is -0.480 e. The number of imide groups is 2. The number of carboxylic acid groups (broad SMARTS) is 1. The van der Waals surface area contributed by atoms with E-state index >= 15 is 0 Å². The summed E-state index contributed by atoms with van der Waals surface area (Å²) in [4.78, 5) is 49.7. The highest BCUT2D eigenvalue weighted by Gasteiger charge is 2.39. The van der Waals surface area contributed by atoms with Gasteiger partial charge in [0.1, 0.15) is 11.6 Å². The first kappa shape index (κ1) is 14.0. The van der Waals surface area contributed by atoms with Crippen LogP contribution in [0.25, 0.3) is 0 Å². The lowest BCUT2D eigenvalue weighted by atomic mass is 10.1. The maximum absolute atomic E-state index is 12.0. The van der Waals surface area contributed by atoms with Gasteiger partial charge in [0.25, 0.3) is 11.8 Å². The number of nitrogens with zero attached hydrogens (tertiary/aromatic N) is 3. The van der Waals surface area contributed by atoms with Crippen molar-refractivity contribution >= 4 is 23.8 Å². The molecule has 1 unspecified atom stereocenters. The van der Waals surface area contributed by atoms with Gasteiger partial charge in [0.05, 0.1) is 0 Å². The number of amides is 4. The van der Waals surface area contributed by atoms with E-state index < -0.39 is 29.9 Å². The van der Waals surface area contributed by atoms with Gasteiger partial charge >= 0.3 is 12.0 Å². The van der Waals surface area contributed by atoms with Gasteiger partial charge in [-0.3, -0.25) is 19.4 Å². The van der Waals surface area contributed by atoms with Crippen molar-refractivity contribution in [2.75, 3.05) is 20.6 Å². The van der Waals surface area contributed by atoms with Crippen molar-refractivity contribution in [2.24, 2.45) is 0 Å². The number of hydrogen-bond acceptors (Lipinski definition) is 5. The summed E-state index contributed by atoms with van der Waals surface area (Å²) in [6.45, 7) is 0.461. The van der Waals surface area contributed by atoms with Crippen LogP contribution in [0.2, 0.25) is 0 Å². The summed E-state index contributed by atoms with van der Waals surface area (Å²) in [5.74, 6) is -2.42. The molecular weight excluding hydrogens is 266 g/mol. The van der Waals surface area contributed by atoms with Gasteiger partial charge in [-0.15, -0.1) is 0 Å². The van der Waals surface area contributed by atoms with E-state index in [9.17, 15) is 19.2 Å². The van der Waals surface area contributed by atoms with Crippen LogP contribution in [0.15, 0.2) is 11.8 Å². The molecule has 0 aromatic carbocycles. The Bertz CT molecular complexity index is 501. The number of likely N-dealkylation sites (N-methyl/N-ethyl adjacent to an activating group) is 2. The summed E-state index contributed by atoms with van der Waals surface area (Å²) in [6.07, 6.45) is 2.40. The Morgan fingerprint density at radius 2 is 1.75 bits per heavy atom. The molecular formula is C12H15N3O5. The first-order chi connectivity index (χ1) is 9.34. The molecule has 0 saturated carbocycles. The second-order valence-electron chi connectivity index (χ2n) is 4.79. The van der Waals surface area contributed by atoms with E-state index in [0.717, 1.165) is 9.80 Å². The summed E-state index contributed by atoms with van der Waals surface area (Å²) in [5.41, 5.74) is -0.192. The Morgan fingerprint density at radius 1 is 1.20 bits per heavy atom. The third-order valence-corrected chi connectivity index (χ3v) is 3.52. The number of hydrogen-bond donors (Lipinski definition) is 1. The molecule has 2 fully saturated rings. The van der Waals surface area contributed by atoms with E-state index in [1.165, 1.54) is 25.2 Å². The molecule has 2 heterocycles. The first-order valence-corrected chi connectivity index (χ1v) is 6.15. The van der Waals surface area contributed by atoms with E-state index in [4.69, 9.17) is 5.11 Å². The van der Waals surface area contributed by atoms with Crippen LogP contribution in [0.1, 0.15) is 12.8 Å². The molecule has 0 aliphatic carbocycles. The number of aliphatic carboxylic acids is 1. The lowest BCUT2D eigenvalue weighted by Crippen LogP contribution is -2.53. The van der Waals surface area contributed by atoms with Gasteiger partial charge in [0, 0.05) is 26.8 Å². The van der Waals surface area contributed by atoms with Crippen molar-refractivity contribution in [3.63, 3.8) is 0 Å². The van der Waals surface area contributed by atoms with Crippen molar-refractivity contribution < 1.29 is 24.3 Å². The Labute approximate surface area is 115 Å². The number of urea groups is 1. The average molecular weight is 281 g/mol. The molecule has 1 N–H and O–H groups in total. The summed E-state index contributed by atoms with van der Waals surface area (Å²) in [7, 11) is 2.56. The standard InChI is InChI=1S/C12H15N3O5/c1-13-9(16)7(10(17)14(2)12(13)20)6-15-5-3-4-8(15)11(18)19/h6,8H,3-5H2,1-2H3,(H,18,19). The fourth-order valence-corrected chi connectivity index (χ4v) is 2.34. The molecule has 1 atom stereocenters. The van der Waals surface area contributed by atoms with Gasteiger partial charge in [-0.05, 0) is 12.8 Å². The lowest BCUT2D eigenvalue weighted by molar-refractivity contribution is -0.142. The Balaban J connectivity index is 2.32. The lowest BCUT2D eigenvalue weighted by Gasteiger charge is -2.30. The Hall–Kier alpha value is -2.38. The third kappa shape index (κ3) is 2.13. The maximum atomic E-state index is 12.0. The Morgan fingerprint density at radius 3 is 2.25 bits per heavy atom. The summed E-state index contributed by atoms with van der Waals surface area (Å²) in [6, 6.07) is -1.44. The molecule has 4 amide bonds. The topological polar surface area (TPSA) is 98.2 Å². The van der Waals surface area contributed by atoms with Gasteiger partial charge in [0.2, 0.25) is 0 Å². The normalized spacial score (nSPS) is 23.7. The molecule has 8 nitrogen and oxygen atoms in total.